The van der Waals surface area contributed by atoms with Crippen LogP contribution in [0.25, 0.3) is 10.9 Å². The maximum Gasteiger partial charge on any atom is 0.320 e. The van der Waals surface area contributed by atoms with Crippen LogP contribution in [0.4, 0.5) is 0 Å². The maximum atomic E-state index is 13.2. The summed E-state index contributed by atoms with van der Waals surface area (Å²) in [5, 5.41) is 21.8. The first-order valence-electron chi connectivity index (χ1n) is 10.3. The van der Waals surface area contributed by atoms with E-state index in [1.54, 1.807) is 6.07 Å². The van der Waals surface area contributed by atoms with Gasteiger partial charge in [0.15, 0.2) is 0 Å². The fourth-order valence-corrected chi connectivity index (χ4v) is 7.03. The molecular formula is C23H29N2O4+. The van der Waals surface area contributed by atoms with Gasteiger partial charge < -0.3 is 24.0 Å². The number of benzene rings is 1. The highest BCUT2D eigenvalue weighted by molar-refractivity contribution is 5.88. The average molecular weight is 397 g/mol. The number of ether oxygens (including phenoxy) is 1. The first-order chi connectivity index (χ1) is 13.8. The Kier molecular flexibility index (Phi) is 3.78. The number of hydrogen-bond acceptors (Lipinski definition) is 4. The molecule has 5 atom stereocenters. The van der Waals surface area contributed by atoms with Crippen LogP contribution in [0.5, 0.6) is 5.75 Å². The largest absolute Gasteiger partial charge is 0.508 e. The number of aryl methyl sites for hydroxylation is 1. The van der Waals surface area contributed by atoms with E-state index in [1.165, 1.54) is 23.9 Å². The highest BCUT2D eigenvalue weighted by atomic mass is 16.5. The van der Waals surface area contributed by atoms with Crippen molar-refractivity contribution >= 4 is 16.9 Å². The molecule has 0 saturated carbocycles. The first kappa shape index (κ1) is 18.7. The lowest BCUT2D eigenvalue weighted by atomic mass is 9.54. The Labute approximate surface area is 170 Å². The number of hydrogen-bond donors (Lipinski definition) is 2. The molecule has 6 nitrogen and oxygen atoms in total. The van der Waals surface area contributed by atoms with Crippen LogP contribution in [0.1, 0.15) is 30.6 Å². The summed E-state index contributed by atoms with van der Waals surface area (Å²) in [6, 6.07) is 5.74. The predicted octanol–water partition coefficient (Wildman–Crippen LogP) is 2.43. The number of carbonyl (C=O) groups is 1. The molecule has 0 amide bonds. The highest BCUT2D eigenvalue weighted by Gasteiger charge is 2.72. The van der Waals surface area contributed by atoms with E-state index in [9.17, 15) is 15.0 Å². The Bertz CT molecular complexity index is 1070. The van der Waals surface area contributed by atoms with Crippen LogP contribution in [0.2, 0.25) is 0 Å². The minimum absolute atomic E-state index is 0.0144. The molecule has 3 fully saturated rings. The van der Waals surface area contributed by atoms with E-state index in [0.29, 0.717) is 6.42 Å². The molecule has 1 aromatic carbocycles. The lowest BCUT2D eigenvalue weighted by Gasteiger charge is -2.66. The molecule has 2 N–H and O–H groups in total. The van der Waals surface area contributed by atoms with Gasteiger partial charge in [-0.1, -0.05) is 6.08 Å². The molecule has 0 radical (unpaired) electrons. The predicted molar refractivity (Wildman–Crippen MR) is 109 cm³/mol. The van der Waals surface area contributed by atoms with Crippen molar-refractivity contribution in [2.75, 3.05) is 27.3 Å². The molecule has 29 heavy (non-hydrogen) atoms. The van der Waals surface area contributed by atoms with Crippen LogP contribution in [0, 0.1) is 11.3 Å². The second-order valence-corrected chi connectivity index (χ2v) is 9.21. The van der Waals surface area contributed by atoms with E-state index in [-0.39, 0.29) is 36.3 Å². The van der Waals surface area contributed by atoms with E-state index in [1.807, 2.05) is 19.1 Å². The third kappa shape index (κ3) is 2.01. The van der Waals surface area contributed by atoms with E-state index < -0.39 is 5.41 Å². The minimum Gasteiger partial charge on any atom is -0.508 e. The topological polar surface area (TPSA) is 71.7 Å². The normalized spacial score (nSPS) is 36.4. The molecule has 0 spiro atoms. The summed E-state index contributed by atoms with van der Waals surface area (Å²) in [5.41, 5.74) is 3.90. The number of carbonyl (C=O) groups excluding carboxylic acids is 1. The fraction of sp³-hybridized carbons (Fsp3) is 0.522. The van der Waals surface area contributed by atoms with Crippen molar-refractivity contribution in [3.05, 3.63) is 41.1 Å². The summed E-state index contributed by atoms with van der Waals surface area (Å²) in [7, 11) is 5.74. The number of aliphatic hydroxyl groups excluding tert-OH is 1. The molecular weight excluding hydrogens is 368 g/mol. The minimum atomic E-state index is -0.920. The van der Waals surface area contributed by atoms with Gasteiger partial charge in [0.25, 0.3) is 0 Å². The number of phenols is 1. The van der Waals surface area contributed by atoms with Crippen molar-refractivity contribution in [3.8, 4) is 5.75 Å². The van der Waals surface area contributed by atoms with Crippen LogP contribution >= 0.6 is 0 Å². The van der Waals surface area contributed by atoms with Gasteiger partial charge in [0.1, 0.15) is 29.8 Å². The van der Waals surface area contributed by atoms with Gasteiger partial charge in [0, 0.05) is 37.3 Å². The molecule has 2 aromatic rings. The molecule has 4 bridgehead atoms. The standard InChI is InChI=1S/C23H28N2O4/c1-5-13-11-25(3)19-10-17(13)23(12-26,22(28)29-4)20(25)9-16-15-7-6-14(27)8-18(15)24(2)21(16)19/h5-8,17,19-20,26H,9-12H2,1-4H3/p+1/b13-5+/t17-,19-,20?,23?,25?/m0/s1. The summed E-state index contributed by atoms with van der Waals surface area (Å²) in [4.78, 5) is 13.2. The molecule has 154 valence electrons. The van der Waals surface area contributed by atoms with Gasteiger partial charge in [0.2, 0.25) is 0 Å². The van der Waals surface area contributed by atoms with Crippen molar-refractivity contribution in [1.29, 1.82) is 0 Å². The number of nitrogens with zero attached hydrogens (tertiary/aromatic N) is 2. The number of allylic oxidation sites excluding steroid dienone is 1. The first-order valence-corrected chi connectivity index (χ1v) is 10.3. The summed E-state index contributed by atoms with van der Waals surface area (Å²) < 4.78 is 8.23. The molecule has 5 heterocycles. The van der Waals surface area contributed by atoms with Gasteiger partial charge in [-0.05, 0) is 30.2 Å². The lowest BCUT2D eigenvalue weighted by Crippen LogP contribution is -2.77. The van der Waals surface area contributed by atoms with Crippen molar-refractivity contribution in [2.45, 2.75) is 31.8 Å². The van der Waals surface area contributed by atoms with E-state index in [2.05, 4.69) is 24.7 Å². The van der Waals surface area contributed by atoms with Crippen LogP contribution in [0.3, 0.4) is 0 Å². The number of aromatic nitrogens is 1. The molecule has 0 aliphatic carbocycles. The summed E-state index contributed by atoms with van der Waals surface area (Å²) in [6.07, 6.45) is 3.65. The number of aliphatic hydroxyl groups is 1. The second-order valence-electron chi connectivity index (χ2n) is 9.21. The molecule has 1 aromatic heterocycles. The molecule has 4 aliphatic rings. The molecule has 6 rings (SSSR count). The summed E-state index contributed by atoms with van der Waals surface area (Å²) in [5.74, 6) is -0.0474. The number of rotatable bonds is 2. The van der Waals surface area contributed by atoms with Gasteiger partial charge >= 0.3 is 5.97 Å². The number of aromatic hydroxyl groups is 1. The molecule has 3 unspecified atom stereocenters. The van der Waals surface area contributed by atoms with Gasteiger partial charge in [-0.2, -0.15) is 0 Å². The Morgan fingerprint density at radius 2 is 2.21 bits per heavy atom. The Morgan fingerprint density at radius 1 is 1.45 bits per heavy atom. The fourth-order valence-electron chi connectivity index (χ4n) is 7.03. The van der Waals surface area contributed by atoms with Gasteiger partial charge in [0.05, 0.1) is 32.0 Å². The van der Waals surface area contributed by atoms with Crippen LogP contribution in [-0.4, -0.2) is 58.6 Å². The van der Waals surface area contributed by atoms with E-state index in [4.69, 9.17) is 4.74 Å². The van der Waals surface area contributed by atoms with Crippen LogP contribution in [0.15, 0.2) is 29.8 Å². The highest BCUT2D eigenvalue weighted by Crippen LogP contribution is 2.63. The number of piperidine rings is 3. The smallest absolute Gasteiger partial charge is 0.320 e. The zero-order chi connectivity index (χ0) is 20.7. The van der Waals surface area contributed by atoms with Gasteiger partial charge in [-0.25, -0.2) is 0 Å². The molecule has 4 aliphatic heterocycles. The average Bonchev–Trinajstić information content (AvgIpc) is 2.98. The zero-order valence-electron chi connectivity index (χ0n) is 17.5. The maximum absolute atomic E-state index is 13.2. The van der Waals surface area contributed by atoms with Crippen LogP contribution < -0.4 is 0 Å². The number of likely N-dealkylation sites (N-methyl/N-ethyl adjacent to an activating group) is 1. The zero-order valence-corrected chi connectivity index (χ0v) is 17.5. The third-order valence-corrected chi connectivity index (χ3v) is 8.32. The number of esters is 1. The molecule has 6 heteroatoms. The number of methoxy groups -OCH3 is 1. The van der Waals surface area contributed by atoms with Gasteiger partial charge in [-0.15, -0.1) is 0 Å². The quantitative estimate of drug-likeness (QED) is 0.464. The van der Waals surface area contributed by atoms with Crippen molar-refractivity contribution in [3.63, 3.8) is 0 Å². The van der Waals surface area contributed by atoms with Gasteiger partial charge in [-0.3, -0.25) is 4.79 Å². The SMILES string of the molecule is C/C=C1\C[N+]2(C)C3Cc4c(n(C)c5cc(O)ccc45)[C@@H]2C[C@@H]1C3(CO)C(=O)OC. The van der Waals surface area contributed by atoms with Crippen molar-refractivity contribution in [1.82, 2.24) is 4.57 Å². The summed E-state index contributed by atoms with van der Waals surface area (Å²) >= 11 is 0. The van der Waals surface area contributed by atoms with Crippen molar-refractivity contribution < 1.29 is 24.2 Å². The monoisotopic (exact) mass is 397 g/mol. The van der Waals surface area contributed by atoms with E-state index in [0.717, 1.165) is 28.4 Å². The Hall–Kier alpha value is -2.31. The van der Waals surface area contributed by atoms with Crippen LogP contribution in [-0.2, 0) is 23.0 Å². The Morgan fingerprint density at radius 3 is 2.86 bits per heavy atom. The number of fused-ring (bicyclic) bond motifs is 4. The number of phenolic OH excluding ortho intramolecular Hbond substituents is 1. The molecule has 3 saturated heterocycles. The summed E-state index contributed by atoms with van der Waals surface area (Å²) in [6.45, 7) is 2.72. The Balaban J connectivity index is 1.81. The van der Waals surface area contributed by atoms with E-state index >= 15 is 0 Å². The van der Waals surface area contributed by atoms with Crippen molar-refractivity contribution in [2.24, 2.45) is 18.4 Å². The second kappa shape index (κ2) is 5.86. The third-order valence-electron chi connectivity index (χ3n) is 8.32. The number of quaternary nitrogens is 1. The lowest BCUT2D eigenvalue weighted by molar-refractivity contribution is -0.981.